The van der Waals surface area contributed by atoms with Gasteiger partial charge in [0.15, 0.2) is 0 Å². The highest BCUT2D eigenvalue weighted by Crippen LogP contribution is 2.37. The Morgan fingerprint density at radius 3 is 3.00 bits per heavy atom. The van der Waals surface area contributed by atoms with E-state index in [1.54, 1.807) is 0 Å². The van der Waals surface area contributed by atoms with Crippen molar-refractivity contribution in [3.8, 4) is 0 Å². The smallest absolute Gasteiger partial charge is 0.127 e. The summed E-state index contributed by atoms with van der Waals surface area (Å²) in [4.78, 5) is 0. The van der Waals surface area contributed by atoms with Crippen molar-refractivity contribution in [3.63, 3.8) is 0 Å². The largest absolute Gasteiger partial charge is 0.387 e. The van der Waals surface area contributed by atoms with E-state index in [1.807, 2.05) is 0 Å². The average Bonchev–Trinajstić information content (AvgIpc) is 2.12. The van der Waals surface area contributed by atoms with Crippen molar-refractivity contribution in [1.29, 1.82) is 0 Å². The van der Waals surface area contributed by atoms with Crippen LogP contribution in [0.3, 0.4) is 0 Å². The number of fused-ring (bicyclic) bond motifs is 1. The van der Waals surface area contributed by atoms with E-state index in [4.69, 9.17) is 11.6 Å². The lowest BCUT2D eigenvalue weighted by molar-refractivity contribution is 0.201. The molecular weight excluding hydrogens is 211 g/mol. The molecule has 1 aliphatic heterocycles. The van der Waals surface area contributed by atoms with Crippen LogP contribution in [0.1, 0.15) is 17.2 Å². The van der Waals surface area contributed by atoms with Gasteiger partial charge in [0.05, 0.1) is 6.10 Å². The highest BCUT2D eigenvalue weighted by Gasteiger charge is 2.23. The van der Waals surface area contributed by atoms with Crippen molar-refractivity contribution >= 4 is 23.4 Å². The summed E-state index contributed by atoms with van der Waals surface area (Å²) in [5.74, 6) is 0.917. The molecule has 13 heavy (non-hydrogen) atoms. The van der Waals surface area contributed by atoms with Crippen LogP contribution < -0.4 is 0 Å². The van der Waals surface area contributed by atoms with Crippen LogP contribution in [-0.4, -0.2) is 10.9 Å². The van der Waals surface area contributed by atoms with E-state index in [2.05, 4.69) is 0 Å². The van der Waals surface area contributed by atoms with Gasteiger partial charge in [-0.15, -0.1) is 0 Å². The number of hydrogen-bond acceptors (Lipinski definition) is 2. The molecule has 1 aromatic carbocycles. The second kappa shape index (κ2) is 3.48. The van der Waals surface area contributed by atoms with E-state index in [0.29, 0.717) is 27.7 Å². The third kappa shape index (κ3) is 1.56. The molecule has 1 aromatic rings. The van der Waals surface area contributed by atoms with Gasteiger partial charge in [-0.25, -0.2) is 4.39 Å². The fraction of sp³-hybridized carbons (Fsp3) is 0.333. The van der Waals surface area contributed by atoms with E-state index < -0.39 is 6.10 Å². The zero-order valence-corrected chi connectivity index (χ0v) is 8.33. The van der Waals surface area contributed by atoms with Crippen molar-refractivity contribution in [2.45, 2.75) is 11.9 Å². The molecule has 0 aliphatic carbocycles. The minimum atomic E-state index is -0.628. The van der Waals surface area contributed by atoms with Crippen molar-refractivity contribution in [2.24, 2.45) is 0 Å². The molecule has 70 valence electrons. The van der Waals surface area contributed by atoms with E-state index in [9.17, 15) is 9.50 Å². The fourth-order valence-electron chi connectivity index (χ4n) is 1.47. The van der Waals surface area contributed by atoms with E-state index >= 15 is 0 Å². The molecule has 1 N–H and O–H groups in total. The van der Waals surface area contributed by atoms with Crippen molar-refractivity contribution < 1.29 is 9.50 Å². The third-order valence-electron chi connectivity index (χ3n) is 2.10. The number of aliphatic hydroxyl groups excluding tert-OH is 1. The first kappa shape index (κ1) is 9.31. The third-order valence-corrected chi connectivity index (χ3v) is 3.48. The van der Waals surface area contributed by atoms with Crippen LogP contribution >= 0.6 is 23.4 Å². The summed E-state index contributed by atoms with van der Waals surface area (Å²) >= 11 is 7.39. The Hall–Kier alpha value is -0.250. The van der Waals surface area contributed by atoms with E-state index in [0.717, 1.165) is 0 Å². The SMILES string of the molecule is OC1CSCc2c(F)ccc(Cl)c21. The van der Waals surface area contributed by atoms with Gasteiger partial charge in [-0.1, -0.05) is 11.6 Å². The zero-order valence-electron chi connectivity index (χ0n) is 6.76. The second-order valence-electron chi connectivity index (χ2n) is 2.95. The van der Waals surface area contributed by atoms with Crippen LogP contribution in [0.4, 0.5) is 4.39 Å². The van der Waals surface area contributed by atoms with Crippen molar-refractivity contribution in [3.05, 3.63) is 34.1 Å². The summed E-state index contributed by atoms with van der Waals surface area (Å²) in [7, 11) is 0. The number of hydrogen-bond donors (Lipinski definition) is 1. The lowest BCUT2D eigenvalue weighted by Crippen LogP contribution is -2.12. The van der Waals surface area contributed by atoms with Gasteiger partial charge in [-0.2, -0.15) is 11.8 Å². The summed E-state index contributed by atoms with van der Waals surface area (Å²) in [5.41, 5.74) is 1.12. The molecule has 1 atom stereocenters. The zero-order chi connectivity index (χ0) is 9.42. The molecule has 0 aromatic heterocycles. The van der Waals surface area contributed by atoms with Crippen LogP contribution in [0, 0.1) is 5.82 Å². The maximum Gasteiger partial charge on any atom is 0.127 e. The Morgan fingerprint density at radius 2 is 2.31 bits per heavy atom. The van der Waals surface area contributed by atoms with Gasteiger partial charge in [0.2, 0.25) is 0 Å². The molecule has 1 aliphatic rings. The molecule has 0 amide bonds. The minimum Gasteiger partial charge on any atom is -0.387 e. The predicted molar refractivity (Wildman–Crippen MR) is 52.5 cm³/mol. The van der Waals surface area contributed by atoms with Gasteiger partial charge in [-0.3, -0.25) is 0 Å². The van der Waals surface area contributed by atoms with Crippen LogP contribution in [0.15, 0.2) is 12.1 Å². The van der Waals surface area contributed by atoms with Gasteiger partial charge in [0, 0.05) is 27.7 Å². The van der Waals surface area contributed by atoms with Crippen LogP contribution in [0.5, 0.6) is 0 Å². The highest BCUT2D eigenvalue weighted by atomic mass is 35.5. The summed E-state index contributed by atoms with van der Waals surface area (Å²) in [6, 6.07) is 2.84. The molecule has 0 spiro atoms. The van der Waals surface area contributed by atoms with Crippen LogP contribution in [0.25, 0.3) is 0 Å². The Labute approximate surface area is 84.9 Å². The Morgan fingerprint density at radius 1 is 1.54 bits per heavy atom. The first-order chi connectivity index (χ1) is 6.20. The molecule has 1 nitrogen and oxygen atoms in total. The maximum absolute atomic E-state index is 13.2. The summed E-state index contributed by atoms with van der Waals surface area (Å²) in [6.45, 7) is 0. The molecule has 0 bridgehead atoms. The molecule has 0 saturated carbocycles. The molecule has 0 radical (unpaired) electrons. The molecule has 1 heterocycles. The summed E-state index contributed by atoms with van der Waals surface area (Å²) < 4.78 is 13.2. The summed E-state index contributed by atoms with van der Waals surface area (Å²) in [5, 5.41) is 10.1. The molecule has 0 saturated heterocycles. The van der Waals surface area contributed by atoms with Crippen molar-refractivity contribution in [2.75, 3.05) is 5.75 Å². The molecule has 4 heteroatoms. The van der Waals surface area contributed by atoms with Gasteiger partial charge in [0.1, 0.15) is 5.82 Å². The average molecular weight is 219 g/mol. The number of aliphatic hydroxyl groups is 1. The number of halogens is 2. The predicted octanol–water partition coefficient (Wildman–Crippen LogP) is 2.76. The Bertz CT molecular complexity index is 343. The lowest BCUT2D eigenvalue weighted by atomic mass is 10.0. The van der Waals surface area contributed by atoms with Gasteiger partial charge in [0.25, 0.3) is 0 Å². The number of thioether (sulfide) groups is 1. The number of benzene rings is 1. The molecule has 0 fully saturated rings. The van der Waals surface area contributed by atoms with Crippen molar-refractivity contribution in [1.82, 2.24) is 0 Å². The van der Waals surface area contributed by atoms with Crippen LogP contribution in [-0.2, 0) is 5.75 Å². The van der Waals surface area contributed by atoms with Gasteiger partial charge >= 0.3 is 0 Å². The monoisotopic (exact) mass is 218 g/mol. The first-order valence-electron chi connectivity index (χ1n) is 3.92. The van der Waals surface area contributed by atoms with Gasteiger partial charge < -0.3 is 5.11 Å². The minimum absolute atomic E-state index is 0.273. The Kier molecular flexibility index (Phi) is 2.49. The van der Waals surface area contributed by atoms with Crippen LogP contribution in [0.2, 0.25) is 5.02 Å². The summed E-state index contributed by atoms with van der Waals surface area (Å²) in [6.07, 6.45) is -0.628. The number of rotatable bonds is 0. The first-order valence-corrected chi connectivity index (χ1v) is 5.46. The maximum atomic E-state index is 13.2. The topological polar surface area (TPSA) is 20.2 Å². The Balaban J connectivity index is 2.60. The normalized spacial score (nSPS) is 21.3. The molecule has 1 unspecified atom stereocenters. The second-order valence-corrected chi connectivity index (χ2v) is 4.39. The lowest BCUT2D eigenvalue weighted by Gasteiger charge is -2.22. The highest BCUT2D eigenvalue weighted by molar-refractivity contribution is 7.98. The van der Waals surface area contributed by atoms with E-state index in [1.165, 1.54) is 23.9 Å². The fourth-order valence-corrected chi connectivity index (χ4v) is 2.78. The quantitative estimate of drug-likeness (QED) is 0.723. The standard InChI is InChI=1S/C9H8ClFOS/c10-6-1-2-7(11)5-3-13-4-8(12)9(5)6/h1-2,8,12H,3-4H2. The molecule has 2 rings (SSSR count). The van der Waals surface area contributed by atoms with Gasteiger partial charge in [-0.05, 0) is 12.1 Å². The van der Waals surface area contributed by atoms with E-state index in [-0.39, 0.29) is 5.82 Å². The molecular formula is C9H8ClFOS.